The number of nitrogens with zero attached hydrogens (tertiary/aromatic N) is 2. The Morgan fingerprint density at radius 2 is 2.30 bits per heavy atom. The van der Waals surface area contributed by atoms with Gasteiger partial charge in [0, 0.05) is 25.1 Å². The summed E-state index contributed by atoms with van der Waals surface area (Å²) in [6.45, 7) is 2.23. The van der Waals surface area contributed by atoms with Crippen LogP contribution in [0.1, 0.15) is 35.3 Å². The van der Waals surface area contributed by atoms with Gasteiger partial charge >= 0.3 is 5.97 Å². The molecule has 1 fully saturated rings. The summed E-state index contributed by atoms with van der Waals surface area (Å²) in [4.78, 5) is 29.3. The number of aliphatic carboxylic acids is 1. The van der Waals surface area contributed by atoms with Crippen LogP contribution in [0.5, 0.6) is 0 Å². The fourth-order valence-corrected chi connectivity index (χ4v) is 2.64. The van der Waals surface area contributed by atoms with Crippen LogP contribution in [0.4, 0.5) is 0 Å². The van der Waals surface area contributed by atoms with Crippen LogP contribution in [0.15, 0.2) is 5.38 Å². The minimum absolute atomic E-state index is 0.164. The molecule has 0 radical (unpaired) electrons. The van der Waals surface area contributed by atoms with Gasteiger partial charge in [-0.05, 0) is 12.8 Å². The molecule has 1 heterocycles. The zero-order valence-electron chi connectivity index (χ0n) is 11.5. The van der Waals surface area contributed by atoms with E-state index in [1.54, 1.807) is 24.3 Å². The van der Waals surface area contributed by atoms with Crippen LogP contribution < -0.4 is 0 Å². The lowest BCUT2D eigenvalue weighted by Gasteiger charge is -2.23. The van der Waals surface area contributed by atoms with Crippen LogP contribution in [0, 0.1) is 5.92 Å². The second-order valence-electron chi connectivity index (χ2n) is 4.99. The second kappa shape index (κ2) is 6.32. The summed E-state index contributed by atoms with van der Waals surface area (Å²) in [7, 11) is 1.58. The zero-order chi connectivity index (χ0) is 14.7. The summed E-state index contributed by atoms with van der Waals surface area (Å²) in [5.74, 6) is -1.64. The fraction of sp³-hybridized carbons (Fsp3) is 0.615. The zero-order valence-corrected chi connectivity index (χ0v) is 12.4. The van der Waals surface area contributed by atoms with E-state index >= 15 is 0 Å². The first-order chi connectivity index (χ1) is 9.52. The third-order valence-corrected chi connectivity index (χ3v) is 4.00. The first-order valence-electron chi connectivity index (χ1n) is 6.50. The van der Waals surface area contributed by atoms with Gasteiger partial charge in [-0.15, -0.1) is 11.3 Å². The molecule has 1 N–H and O–H groups in total. The molecule has 110 valence electrons. The molecule has 1 aromatic rings. The van der Waals surface area contributed by atoms with Crippen molar-refractivity contribution in [2.45, 2.75) is 32.4 Å². The van der Waals surface area contributed by atoms with Gasteiger partial charge in [0.1, 0.15) is 10.7 Å². The molecule has 1 aliphatic carbocycles. The van der Waals surface area contributed by atoms with E-state index in [2.05, 4.69) is 4.98 Å². The molecular weight excluding hydrogens is 280 g/mol. The molecular formula is C13H18N2O4S. The van der Waals surface area contributed by atoms with E-state index in [1.165, 1.54) is 11.3 Å². The number of carbonyl (C=O) groups excluding carboxylic acids is 1. The maximum atomic E-state index is 12.4. The standard InChI is InChI=1S/C13H18N2O4S/c1-8(13(17)18)5-15(9-3-4-9)12(16)10-7-20-11(14-10)6-19-2/h7-9H,3-6H2,1-2H3,(H,17,18). The van der Waals surface area contributed by atoms with Gasteiger partial charge in [-0.25, -0.2) is 4.98 Å². The number of carboxylic acids is 1. The minimum Gasteiger partial charge on any atom is -0.481 e. The number of hydrogen-bond donors (Lipinski definition) is 1. The molecule has 0 saturated heterocycles. The number of amides is 1. The van der Waals surface area contributed by atoms with E-state index in [0.29, 0.717) is 12.3 Å². The van der Waals surface area contributed by atoms with Crippen molar-refractivity contribution in [3.05, 3.63) is 16.1 Å². The summed E-state index contributed by atoms with van der Waals surface area (Å²) < 4.78 is 4.98. The minimum atomic E-state index is -0.887. The third kappa shape index (κ3) is 3.55. The average molecular weight is 298 g/mol. The monoisotopic (exact) mass is 298 g/mol. The molecule has 2 rings (SSSR count). The second-order valence-corrected chi connectivity index (χ2v) is 5.93. The summed E-state index contributed by atoms with van der Waals surface area (Å²) in [6.07, 6.45) is 1.88. The first kappa shape index (κ1) is 14.9. The van der Waals surface area contributed by atoms with Crippen LogP contribution >= 0.6 is 11.3 Å². The van der Waals surface area contributed by atoms with Crippen molar-refractivity contribution in [3.8, 4) is 0 Å². The molecule has 0 bridgehead atoms. The highest BCUT2D eigenvalue weighted by Gasteiger charge is 2.35. The highest BCUT2D eigenvalue weighted by Crippen LogP contribution is 2.29. The number of aromatic nitrogens is 1. The van der Waals surface area contributed by atoms with E-state index in [9.17, 15) is 9.59 Å². The smallest absolute Gasteiger partial charge is 0.308 e. The summed E-state index contributed by atoms with van der Waals surface area (Å²) >= 11 is 1.38. The van der Waals surface area contributed by atoms with Crippen molar-refractivity contribution in [1.29, 1.82) is 0 Å². The highest BCUT2D eigenvalue weighted by molar-refractivity contribution is 7.09. The van der Waals surface area contributed by atoms with Crippen molar-refractivity contribution in [1.82, 2.24) is 9.88 Å². The Bertz CT molecular complexity index is 498. The molecule has 20 heavy (non-hydrogen) atoms. The third-order valence-electron chi connectivity index (χ3n) is 3.18. The number of thiazole rings is 1. The molecule has 0 aliphatic heterocycles. The Morgan fingerprint density at radius 1 is 1.60 bits per heavy atom. The molecule has 1 aromatic heterocycles. The Morgan fingerprint density at radius 3 is 2.85 bits per heavy atom. The van der Waals surface area contributed by atoms with Crippen molar-refractivity contribution in [2.24, 2.45) is 5.92 Å². The van der Waals surface area contributed by atoms with E-state index in [-0.39, 0.29) is 18.5 Å². The molecule has 0 spiro atoms. The van der Waals surface area contributed by atoms with Crippen LogP contribution in [0.2, 0.25) is 0 Å². The SMILES string of the molecule is COCc1nc(C(=O)N(CC(C)C(=O)O)C2CC2)cs1. The Hall–Kier alpha value is -1.47. The van der Waals surface area contributed by atoms with Crippen LogP contribution in [0.25, 0.3) is 0 Å². The predicted octanol–water partition coefficient (Wildman–Crippen LogP) is 1.61. The number of carboxylic acid groups (broad SMARTS) is 1. The molecule has 1 amide bonds. The highest BCUT2D eigenvalue weighted by atomic mass is 32.1. The van der Waals surface area contributed by atoms with Crippen molar-refractivity contribution in [2.75, 3.05) is 13.7 Å². The van der Waals surface area contributed by atoms with Crippen molar-refractivity contribution < 1.29 is 19.4 Å². The number of hydrogen-bond acceptors (Lipinski definition) is 5. The van der Waals surface area contributed by atoms with Gasteiger partial charge in [-0.3, -0.25) is 9.59 Å². The Kier molecular flexibility index (Phi) is 4.72. The van der Waals surface area contributed by atoms with Crippen molar-refractivity contribution >= 4 is 23.2 Å². The van der Waals surface area contributed by atoms with E-state index in [1.807, 2.05) is 0 Å². The lowest BCUT2D eigenvalue weighted by Crippen LogP contribution is -2.38. The van der Waals surface area contributed by atoms with Gasteiger partial charge < -0.3 is 14.7 Å². The molecule has 7 heteroatoms. The lowest BCUT2D eigenvalue weighted by molar-refractivity contribution is -0.141. The lowest BCUT2D eigenvalue weighted by atomic mass is 10.1. The van der Waals surface area contributed by atoms with Crippen LogP contribution in [-0.2, 0) is 16.1 Å². The van der Waals surface area contributed by atoms with Gasteiger partial charge in [-0.2, -0.15) is 0 Å². The Labute approximate surface area is 121 Å². The van der Waals surface area contributed by atoms with Gasteiger partial charge in [-0.1, -0.05) is 6.92 Å². The van der Waals surface area contributed by atoms with Gasteiger partial charge in [0.25, 0.3) is 5.91 Å². The number of methoxy groups -OCH3 is 1. The number of carbonyl (C=O) groups is 2. The largest absolute Gasteiger partial charge is 0.481 e. The van der Waals surface area contributed by atoms with E-state index in [0.717, 1.165) is 17.8 Å². The normalized spacial score (nSPS) is 15.9. The van der Waals surface area contributed by atoms with Gasteiger partial charge in [0.05, 0.1) is 12.5 Å². The topological polar surface area (TPSA) is 79.7 Å². The number of rotatable bonds is 7. The average Bonchev–Trinajstić information content (AvgIpc) is 3.14. The van der Waals surface area contributed by atoms with E-state index in [4.69, 9.17) is 9.84 Å². The molecule has 6 nitrogen and oxygen atoms in total. The summed E-state index contributed by atoms with van der Waals surface area (Å²) in [5.41, 5.74) is 0.381. The maximum absolute atomic E-state index is 12.4. The molecule has 1 aliphatic rings. The molecule has 1 atom stereocenters. The van der Waals surface area contributed by atoms with E-state index < -0.39 is 11.9 Å². The van der Waals surface area contributed by atoms with Crippen molar-refractivity contribution in [3.63, 3.8) is 0 Å². The first-order valence-corrected chi connectivity index (χ1v) is 7.38. The predicted molar refractivity (Wildman–Crippen MR) is 73.7 cm³/mol. The molecule has 1 unspecified atom stereocenters. The summed E-state index contributed by atoms with van der Waals surface area (Å²) in [5, 5.41) is 11.4. The van der Waals surface area contributed by atoms with Gasteiger partial charge in [0.15, 0.2) is 0 Å². The quantitative estimate of drug-likeness (QED) is 0.827. The Balaban J connectivity index is 2.07. The maximum Gasteiger partial charge on any atom is 0.308 e. The number of ether oxygens (including phenoxy) is 1. The fourth-order valence-electron chi connectivity index (χ4n) is 1.90. The molecule has 0 aromatic carbocycles. The van der Waals surface area contributed by atoms with Crippen LogP contribution in [-0.4, -0.2) is 46.6 Å². The van der Waals surface area contributed by atoms with Gasteiger partial charge in [0.2, 0.25) is 0 Å². The molecule has 1 saturated carbocycles. The summed E-state index contributed by atoms with van der Waals surface area (Å²) in [6, 6.07) is 0.164. The van der Waals surface area contributed by atoms with Crippen LogP contribution in [0.3, 0.4) is 0 Å².